The Hall–Kier alpha value is -6.90. The van der Waals surface area contributed by atoms with Crippen LogP contribution in [0.5, 0.6) is 5.75 Å². The number of ether oxygens (including phenoxy) is 4. The van der Waals surface area contributed by atoms with Gasteiger partial charge in [-0.05, 0) is 103 Å². The van der Waals surface area contributed by atoms with Gasteiger partial charge in [0.15, 0.2) is 0 Å². The molecular weight excluding hydrogens is 831 g/mol. The highest BCUT2D eigenvalue weighted by atomic mass is 16.6. The first-order chi connectivity index (χ1) is 31.0. The molecule has 0 fully saturated rings. The van der Waals surface area contributed by atoms with Crippen molar-refractivity contribution in [3.05, 3.63) is 113 Å². The van der Waals surface area contributed by atoms with Crippen molar-refractivity contribution in [2.24, 2.45) is 0 Å². The molecule has 4 N–H and O–H groups in total. The summed E-state index contributed by atoms with van der Waals surface area (Å²) in [4.78, 5) is 83.8. The molecule has 6 rings (SSSR count). The average molecular weight is 890 g/mol. The second kappa shape index (κ2) is 20.7. The number of rotatable bonds is 12. The minimum absolute atomic E-state index is 0.0217. The minimum Gasteiger partial charge on any atom is -0.496 e. The first-order valence-electron chi connectivity index (χ1n) is 21.9. The van der Waals surface area contributed by atoms with Crippen molar-refractivity contribution < 1.29 is 47.7 Å². The summed E-state index contributed by atoms with van der Waals surface area (Å²) in [6.45, 7) is 8.57. The lowest BCUT2D eigenvalue weighted by molar-refractivity contribution is -0.145. The largest absolute Gasteiger partial charge is 0.496 e. The van der Waals surface area contributed by atoms with Gasteiger partial charge in [-0.2, -0.15) is 0 Å². The monoisotopic (exact) mass is 889 g/mol. The molecule has 4 aromatic carbocycles. The predicted molar refractivity (Wildman–Crippen MR) is 244 cm³/mol. The number of esters is 1. The number of carbonyl (C=O) groups excluding carboxylic acids is 6. The lowest BCUT2D eigenvalue weighted by Crippen LogP contribution is -2.55. The first kappa shape index (κ1) is 47.6. The molecule has 4 bridgehead atoms. The molecule has 65 heavy (non-hydrogen) atoms. The molecule has 1 aliphatic heterocycles. The van der Waals surface area contributed by atoms with Gasteiger partial charge in [0.25, 0.3) is 0 Å². The molecule has 0 saturated heterocycles. The lowest BCUT2D eigenvalue weighted by Gasteiger charge is -2.32. The zero-order valence-electron chi connectivity index (χ0n) is 38.2. The SMILES string of the molecule is CCCc1ccc2cc1-c1cc(ccc1OC)C[C@@H](C(=O)OC)NC(=O)[C@H](C)NC(=O)[C@H]2N(C)C(=O)[C@H](CCNC(=O)OC(C)(C)C)NC(=O)OCC1c2ccccc2-c2ccccc21. The summed E-state index contributed by atoms with van der Waals surface area (Å²) in [5.41, 5.74) is 6.80. The van der Waals surface area contributed by atoms with E-state index in [0.717, 1.165) is 39.8 Å². The van der Waals surface area contributed by atoms with Crippen LogP contribution in [-0.2, 0) is 46.2 Å². The standard InChI is InChI=1S/C50H59N5O10/c1-9-14-31-20-21-32-27-37(31)38-25-30(19-22-42(38)62-7)26-41(47(59)63-8)53-44(56)29(2)52-45(57)43(32)55(6)46(58)40(23-24-51-48(60)65-50(3,4)5)54-49(61)64-28-39-35-17-12-10-15-33(35)34-16-11-13-18-36(34)39/h10-13,15-22,25,27,29,39-41,43H,9,14,23-24,26,28H2,1-8H3,(H,51,60)(H,52,57)(H,53,56)(H,54,61)/t29-,40-,41-,43-/m0/s1. The number of nitrogens with zero attached hydrogens (tertiary/aromatic N) is 1. The van der Waals surface area contributed by atoms with Crippen molar-refractivity contribution in [2.75, 3.05) is 34.4 Å². The van der Waals surface area contributed by atoms with E-state index in [1.54, 1.807) is 40.0 Å². The second-order valence-corrected chi connectivity index (χ2v) is 17.3. The van der Waals surface area contributed by atoms with E-state index in [9.17, 15) is 28.8 Å². The van der Waals surface area contributed by atoms with Crippen LogP contribution in [0.2, 0.25) is 0 Å². The number of hydrogen-bond donors (Lipinski definition) is 4. The van der Waals surface area contributed by atoms with Gasteiger partial charge >= 0.3 is 18.2 Å². The van der Waals surface area contributed by atoms with E-state index >= 15 is 0 Å². The first-order valence-corrected chi connectivity index (χ1v) is 21.9. The smallest absolute Gasteiger partial charge is 0.407 e. The fraction of sp³-hybridized carbons (Fsp3) is 0.400. The van der Waals surface area contributed by atoms with Gasteiger partial charge in [-0.1, -0.05) is 80.1 Å². The molecule has 0 spiro atoms. The van der Waals surface area contributed by atoms with Crippen molar-refractivity contribution in [2.45, 2.75) is 96.0 Å². The number of fused-ring (bicyclic) bond motifs is 8. The van der Waals surface area contributed by atoms with Crippen molar-refractivity contribution in [1.29, 1.82) is 0 Å². The summed E-state index contributed by atoms with van der Waals surface area (Å²) in [5, 5.41) is 10.8. The topological polar surface area (TPSA) is 191 Å². The number of benzene rings is 4. The quantitative estimate of drug-likeness (QED) is 0.0921. The molecule has 15 nitrogen and oxygen atoms in total. The van der Waals surface area contributed by atoms with Crippen LogP contribution in [0, 0.1) is 0 Å². The van der Waals surface area contributed by atoms with E-state index in [1.165, 1.54) is 26.0 Å². The molecule has 0 aromatic heterocycles. The molecular formula is C50H59N5O10. The Morgan fingerprint density at radius 2 is 1.51 bits per heavy atom. The number of amides is 5. The highest BCUT2D eigenvalue weighted by Gasteiger charge is 2.37. The zero-order chi connectivity index (χ0) is 47.0. The minimum atomic E-state index is -1.36. The number of carbonyl (C=O) groups is 6. The molecule has 2 aliphatic rings. The van der Waals surface area contributed by atoms with Crippen LogP contribution in [0.3, 0.4) is 0 Å². The maximum absolute atomic E-state index is 14.9. The van der Waals surface area contributed by atoms with Crippen molar-refractivity contribution in [3.8, 4) is 28.0 Å². The van der Waals surface area contributed by atoms with Gasteiger partial charge in [0.1, 0.15) is 42.1 Å². The van der Waals surface area contributed by atoms with Gasteiger partial charge in [0.05, 0.1) is 14.2 Å². The van der Waals surface area contributed by atoms with Crippen LogP contribution in [0.4, 0.5) is 9.59 Å². The fourth-order valence-electron chi connectivity index (χ4n) is 8.42. The van der Waals surface area contributed by atoms with E-state index in [1.807, 2.05) is 79.7 Å². The number of alkyl carbamates (subject to hydrolysis) is 2. The van der Waals surface area contributed by atoms with Gasteiger partial charge in [0.2, 0.25) is 17.7 Å². The number of hydrogen-bond acceptors (Lipinski definition) is 10. The Morgan fingerprint density at radius 1 is 0.831 bits per heavy atom. The Labute approximate surface area is 379 Å². The average Bonchev–Trinajstić information content (AvgIpc) is 3.60. The fourth-order valence-corrected chi connectivity index (χ4v) is 8.42. The Balaban J connectivity index is 1.35. The van der Waals surface area contributed by atoms with Crippen LogP contribution >= 0.6 is 0 Å². The Bertz CT molecular complexity index is 2380. The van der Waals surface area contributed by atoms with E-state index in [4.69, 9.17) is 18.9 Å². The third-order valence-corrected chi connectivity index (χ3v) is 11.5. The number of likely N-dealkylation sites (N-methyl/N-ethyl adjacent to an activating group) is 1. The maximum atomic E-state index is 14.9. The molecule has 15 heteroatoms. The number of methoxy groups -OCH3 is 2. The molecule has 1 aliphatic carbocycles. The predicted octanol–water partition coefficient (Wildman–Crippen LogP) is 6.35. The van der Waals surface area contributed by atoms with Gasteiger partial charge in [-0.25, -0.2) is 14.4 Å². The zero-order valence-corrected chi connectivity index (χ0v) is 38.2. The summed E-state index contributed by atoms with van der Waals surface area (Å²) >= 11 is 0. The third kappa shape index (κ3) is 11.3. The van der Waals surface area contributed by atoms with Gasteiger partial charge in [0, 0.05) is 31.5 Å². The van der Waals surface area contributed by atoms with Crippen LogP contribution in [0.1, 0.15) is 87.2 Å². The van der Waals surface area contributed by atoms with Crippen LogP contribution in [0.25, 0.3) is 22.3 Å². The molecule has 0 unspecified atom stereocenters. The number of aryl methyl sites for hydroxylation is 1. The summed E-state index contributed by atoms with van der Waals surface area (Å²) in [6, 6.07) is 21.9. The van der Waals surface area contributed by atoms with E-state index in [0.29, 0.717) is 28.9 Å². The molecule has 0 saturated carbocycles. The normalized spacial score (nSPS) is 17.4. The van der Waals surface area contributed by atoms with Gasteiger partial charge < -0.3 is 45.1 Å². The summed E-state index contributed by atoms with van der Waals surface area (Å²) in [5.74, 6) is -2.45. The van der Waals surface area contributed by atoms with Crippen LogP contribution in [0.15, 0.2) is 84.9 Å². The van der Waals surface area contributed by atoms with Crippen molar-refractivity contribution in [1.82, 2.24) is 26.2 Å². The summed E-state index contributed by atoms with van der Waals surface area (Å²) in [6.07, 6.45) is -0.146. The van der Waals surface area contributed by atoms with Gasteiger partial charge in [-0.15, -0.1) is 0 Å². The summed E-state index contributed by atoms with van der Waals surface area (Å²) < 4.78 is 22.1. The summed E-state index contributed by atoms with van der Waals surface area (Å²) in [7, 11) is 4.21. The maximum Gasteiger partial charge on any atom is 0.407 e. The number of nitrogens with one attached hydrogen (secondary N) is 4. The van der Waals surface area contributed by atoms with Gasteiger partial charge in [-0.3, -0.25) is 14.4 Å². The highest BCUT2D eigenvalue weighted by molar-refractivity contribution is 5.96. The van der Waals surface area contributed by atoms with E-state index in [2.05, 4.69) is 21.3 Å². The highest BCUT2D eigenvalue weighted by Crippen LogP contribution is 2.44. The molecule has 5 amide bonds. The second-order valence-electron chi connectivity index (χ2n) is 17.3. The lowest BCUT2D eigenvalue weighted by atomic mass is 9.89. The van der Waals surface area contributed by atoms with E-state index in [-0.39, 0.29) is 31.9 Å². The Kier molecular flexibility index (Phi) is 15.2. The third-order valence-electron chi connectivity index (χ3n) is 11.5. The van der Waals surface area contributed by atoms with E-state index < -0.39 is 65.6 Å². The Morgan fingerprint density at radius 3 is 2.14 bits per heavy atom. The van der Waals surface area contributed by atoms with Crippen molar-refractivity contribution in [3.63, 3.8) is 0 Å². The van der Waals surface area contributed by atoms with Crippen molar-refractivity contribution >= 4 is 35.9 Å². The van der Waals surface area contributed by atoms with Crippen LogP contribution in [-0.4, -0.2) is 98.9 Å². The molecule has 4 atom stereocenters. The molecule has 0 radical (unpaired) electrons. The molecule has 4 aromatic rings. The van der Waals surface area contributed by atoms with Crippen LogP contribution < -0.4 is 26.0 Å². The molecule has 344 valence electrons. The molecule has 1 heterocycles.